The molecule has 7 nitrogen and oxygen atoms in total. The summed E-state index contributed by atoms with van der Waals surface area (Å²) in [5, 5.41) is 14.4. The fraction of sp³-hybridized carbons (Fsp3) is 0.308. The number of pyridine rings is 1. The summed E-state index contributed by atoms with van der Waals surface area (Å²) in [6, 6.07) is 25.6. The van der Waals surface area contributed by atoms with Gasteiger partial charge in [0.25, 0.3) is 0 Å². The number of hydrogen-bond acceptors (Lipinski definition) is 5. The number of nitrogens with zero attached hydrogens (tertiary/aromatic N) is 1. The van der Waals surface area contributed by atoms with E-state index in [1.165, 1.54) is 11.1 Å². The van der Waals surface area contributed by atoms with E-state index in [2.05, 4.69) is 53.4 Å². The van der Waals surface area contributed by atoms with Crippen LogP contribution >= 0.6 is 0 Å². The van der Waals surface area contributed by atoms with E-state index in [-0.39, 0.29) is 12.6 Å². The molecular weight excluding hydrogens is 574 g/mol. The number of H-pyrrole nitrogens is 1. The number of carbonyl (C=O) groups excluding carboxylic acids is 1. The molecule has 3 aromatic carbocycles. The molecule has 2 aromatic heterocycles. The van der Waals surface area contributed by atoms with Gasteiger partial charge in [-0.2, -0.15) is 0 Å². The van der Waals surface area contributed by atoms with Gasteiger partial charge < -0.3 is 20.1 Å². The third-order valence-electron chi connectivity index (χ3n) is 8.63. The number of aromatic amines is 1. The molecular formula is C39H43N3O4. The number of esters is 1. The largest absolute Gasteiger partial charge is 0.481 e. The van der Waals surface area contributed by atoms with Crippen LogP contribution in [0.2, 0.25) is 0 Å². The SMILES string of the molecule is Cc1cc(C)cc(-c2[nH]c3ccc(C(C)(C)C(=O)O)cc3c2CCNC(CCCc2cccnc2)C(=O)OCc2ccccc2)c1. The van der Waals surface area contributed by atoms with Gasteiger partial charge >= 0.3 is 11.9 Å². The van der Waals surface area contributed by atoms with Crippen LogP contribution in [0.1, 0.15) is 60.1 Å². The minimum absolute atomic E-state index is 0.224. The molecule has 0 aliphatic rings. The van der Waals surface area contributed by atoms with Crippen LogP contribution in [-0.2, 0) is 39.2 Å². The van der Waals surface area contributed by atoms with E-state index in [9.17, 15) is 14.7 Å². The zero-order valence-electron chi connectivity index (χ0n) is 27.1. The molecule has 1 unspecified atom stereocenters. The van der Waals surface area contributed by atoms with Crippen LogP contribution in [-0.4, -0.2) is 39.6 Å². The third kappa shape index (κ3) is 7.90. The van der Waals surface area contributed by atoms with Crippen LogP contribution in [0.4, 0.5) is 0 Å². The van der Waals surface area contributed by atoms with Gasteiger partial charge in [0.05, 0.1) is 5.41 Å². The number of nitrogens with one attached hydrogen (secondary N) is 2. The molecule has 5 rings (SSSR count). The van der Waals surface area contributed by atoms with Gasteiger partial charge in [-0.1, -0.05) is 59.7 Å². The fourth-order valence-electron chi connectivity index (χ4n) is 5.95. The molecule has 0 spiro atoms. The number of carbonyl (C=O) groups is 2. The van der Waals surface area contributed by atoms with Crippen molar-refractivity contribution in [2.24, 2.45) is 0 Å². The number of rotatable bonds is 14. The van der Waals surface area contributed by atoms with Crippen molar-refractivity contribution in [1.82, 2.24) is 15.3 Å². The average Bonchev–Trinajstić information content (AvgIpc) is 3.41. The van der Waals surface area contributed by atoms with Crippen molar-refractivity contribution in [3.63, 3.8) is 0 Å². The molecule has 0 bridgehead atoms. The molecule has 238 valence electrons. The molecule has 0 radical (unpaired) electrons. The lowest BCUT2D eigenvalue weighted by Crippen LogP contribution is -2.39. The molecule has 2 heterocycles. The van der Waals surface area contributed by atoms with Crippen LogP contribution in [0.15, 0.2) is 91.3 Å². The van der Waals surface area contributed by atoms with Crippen molar-refractivity contribution in [3.05, 3.63) is 125 Å². The zero-order chi connectivity index (χ0) is 32.7. The number of ether oxygens (including phenoxy) is 1. The third-order valence-corrected chi connectivity index (χ3v) is 8.63. The lowest BCUT2D eigenvalue weighted by atomic mass is 9.84. The van der Waals surface area contributed by atoms with Crippen molar-refractivity contribution in [1.29, 1.82) is 0 Å². The Morgan fingerprint density at radius 2 is 1.67 bits per heavy atom. The highest BCUT2D eigenvalue weighted by molar-refractivity contribution is 5.93. The molecule has 1 atom stereocenters. The second kappa shape index (κ2) is 14.6. The molecule has 0 amide bonds. The topological polar surface area (TPSA) is 104 Å². The van der Waals surface area contributed by atoms with E-state index >= 15 is 0 Å². The summed E-state index contributed by atoms with van der Waals surface area (Å²) in [6.45, 7) is 8.39. The number of hydrogen-bond donors (Lipinski definition) is 3. The molecule has 7 heteroatoms. The maximum Gasteiger partial charge on any atom is 0.323 e. The first kappa shape index (κ1) is 32.6. The number of aromatic nitrogens is 2. The Morgan fingerprint density at radius 3 is 2.37 bits per heavy atom. The Bertz CT molecular complexity index is 1770. The summed E-state index contributed by atoms with van der Waals surface area (Å²) in [4.78, 5) is 33.3. The summed E-state index contributed by atoms with van der Waals surface area (Å²) in [7, 11) is 0. The Hall–Kier alpha value is -4.75. The smallest absolute Gasteiger partial charge is 0.323 e. The second-order valence-electron chi connectivity index (χ2n) is 12.6. The van der Waals surface area contributed by atoms with Crippen molar-refractivity contribution in [2.75, 3.05) is 6.54 Å². The van der Waals surface area contributed by atoms with E-state index in [1.807, 2.05) is 60.8 Å². The first-order chi connectivity index (χ1) is 22.1. The van der Waals surface area contributed by atoms with Crippen molar-refractivity contribution in [2.45, 2.75) is 71.4 Å². The lowest BCUT2D eigenvalue weighted by Gasteiger charge is -2.20. The molecule has 0 saturated carbocycles. The highest BCUT2D eigenvalue weighted by Gasteiger charge is 2.30. The maximum absolute atomic E-state index is 13.4. The van der Waals surface area contributed by atoms with Gasteiger partial charge in [-0.05, 0) is 112 Å². The van der Waals surface area contributed by atoms with Crippen LogP contribution in [0.25, 0.3) is 22.2 Å². The normalized spacial score (nSPS) is 12.3. The number of benzene rings is 3. The van der Waals surface area contributed by atoms with Crippen LogP contribution in [0.3, 0.4) is 0 Å². The van der Waals surface area contributed by atoms with Gasteiger partial charge in [0.1, 0.15) is 12.6 Å². The van der Waals surface area contributed by atoms with E-state index in [0.717, 1.165) is 57.3 Å². The quantitative estimate of drug-likeness (QED) is 0.112. The molecule has 5 aromatic rings. The zero-order valence-corrected chi connectivity index (χ0v) is 27.1. The molecule has 46 heavy (non-hydrogen) atoms. The Labute approximate surface area is 271 Å². The molecule has 0 fully saturated rings. The minimum atomic E-state index is -1.04. The van der Waals surface area contributed by atoms with Gasteiger partial charge in [0.2, 0.25) is 0 Å². The first-order valence-electron chi connectivity index (χ1n) is 15.9. The number of carboxylic acids is 1. The van der Waals surface area contributed by atoms with Gasteiger partial charge in [0.15, 0.2) is 0 Å². The van der Waals surface area contributed by atoms with Crippen LogP contribution in [0, 0.1) is 13.8 Å². The van der Waals surface area contributed by atoms with Gasteiger partial charge in [-0.25, -0.2) is 0 Å². The van der Waals surface area contributed by atoms with Gasteiger partial charge in [0, 0.05) is 35.5 Å². The number of carboxylic acid groups (broad SMARTS) is 1. The Kier molecular flexibility index (Phi) is 10.3. The minimum Gasteiger partial charge on any atom is -0.481 e. The highest BCUT2D eigenvalue weighted by Crippen LogP contribution is 2.35. The molecule has 3 N–H and O–H groups in total. The maximum atomic E-state index is 13.4. The first-order valence-corrected chi connectivity index (χ1v) is 15.9. The van der Waals surface area contributed by atoms with Crippen LogP contribution in [0.5, 0.6) is 0 Å². The average molecular weight is 618 g/mol. The van der Waals surface area contributed by atoms with Crippen molar-refractivity contribution < 1.29 is 19.4 Å². The van der Waals surface area contributed by atoms with E-state index in [0.29, 0.717) is 19.4 Å². The monoisotopic (exact) mass is 617 g/mol. The standard InChI is InChI=1S/C39H43N3O4/c1-26-20-27(2)22-30(21-26)36-32(33-23-31(15-16-34(33)42-36)39(3,4)38(44)45)17-19-41-35(14-8-12-28-13-9-18-40-24-28)37(43)46-25-29-10-6-5-7-11-29/h5-7,9-11,13,15-16,18,20-24,35,41-42H,8,12,14,17,19,25H2,1-4H3,(H,44,45). The fourth-order valence-corrected chi connectivity index (χ4v) is 5.95. The summed E-state index contributed by atoms with van der Waals surface area (Å²) >= 11 is 0. The Morgan fingerprint density at radius 1 is 0.935 bits per heavy atom. The highest BCUT2D eigenvalue weighted by atomic mass is 16.5. The van der Waals surface area contributed by atoms with E-state index in [4.69, 9.17) is 4.74 Å². The number of fused-ring (bicyclic) bond motifs is 1. The van der Waals surface area contributed by atoms with E-state index < -0.39 is 17.4 Å². The van der Waals surface area contributed by atoms with Crippen molar-refractivity contribution in [3.8, 4) is 11.3 Å². The number of aliphatic carboxylic acids is 1. The van der Waals surface area contributed by atoms with Gasteiger partial charge in [-0.15, -0.1) is 0 Å². The van der Waals surface area contributed by atoms with Crippen LogP contribution < -0.4 is 5.32 Å². The van der Waals surface area contributed by atoms with Crippen molar-refractivity contribution >= 4 is 22.8 Å². The lowest BCUT2D eigenvalue weighted by molar-refractivity contribution is -0.147. The predicted molar refractivity (Wildman–Crippen MR) is 183 cm³/mol. The summed E-state index contributed by atoms with van der Waals surface area (Å²) in [5.74, 6) is -1.14. The summed E-state index contributed by atoms with van der Waals surface area (Å²) in [5.41, 5.74) is 8.24. The molecule has 0 saturated heterocycles. The second-order valence-corrected chi connectivity index (χ2v) is 12.6. The summed E-state index contributed by atoms with van der Waals surface area (Å²) in [6.07, 6.45) is 6.50. The number of aryl methyl sites for hydroxylation is 3. The molecule has 0 aliphatic heterocycles. The van der Waals surface area contributed by atoms with E-state index in [1.54, 1.807) is 20.0 Å². The van der Waals surface area contributed by atoms with Gasteiger partial charge in [-0.3, -0.25) is 14.6 Å². The molecule has 0 aliphatic carbocycles. The Balaban J connectivity index is 1.40. The summed E-state index contributed by atoms with van der Waals surface area (Å²) < 4.78 is 5.77. The predicted octanol–water partition coefficient (Wildman–Crippen LogP) is 7.48.